The molecule has 1 aromatic heterocycles. The molecule has 0 bridgehead atoms. The zero-order valence-electron chi connectivity index (χ0n) is 18.0. The van der Waals surface area contributed by atoms with Gasteiger partial charge in [-0.2, -0.15) is 0 Å². The number of rotatable bonds is 10. The molecule has 1 aliphatic heterocycles. The largest absolute Gasteiger partial charge is 0.300 e. The highest BCUT2D eigenvalue weighted by molar-refractivity contribution is 8.01. The van der Waals surface area contributed by atoms with Crippen LogP contribution in [-0.4, -0.2) is 53.4 Å². The lowest BCUT2D eigenvalue weighted by Crippen LogP contribution is -2.44. The molecule has 170 valence electrons. The summed E-state index contributed by atoms with van der Waals surface area (Å²) in [6.45, 7) is 4.99. The van der Waals surface area contributed by atoms with Crippen LogP contribution in [0.1, 0.15) is 38.7 Å². The van der Waals surface area contributed by atoms with Crippen molar-refractivity contribution in [3.05, 3.63) is 35.9 Å². The van der Waals surface area contributed by atoms with Crippen molar-refractivity contribution >= 4 is 44.2 Å². The van der Waals surface area contributed by atoms with E-state index < -0.39 is 10.0 Å². The molecule has 0 spiro atoms. The summed E-state index contributed by atoms with van der Waals surface area (Å²) in [5, 5.41) is 11.5. The molecular formula is C21H30N4O3S3. The average Bonchev–Trinajstić information content (AvgIpc) is 3.20. The van der Waals surface area contributed by atoms with Gasteiger partial charge in [-0.25, -0.2) is 12.7 Å². The first-order valence-electron chi connectivity index (χ1n) is 10.6. The fraction of sp³-hybridized carbons (Fsp3) is 0.571. The number of hydrogen-bond acceptors (Lipinski definition) is 7. The molecule has 10 heteroatoms. The third-order valence-electron chi connectivity index (χ3n) is 5.04. The van der Waals surface area contributed by atoms with E-state index in [4.69, 9.17) is 0 Å². The topological polar surface area (TPSA) is 92.3 Å². The molecule has 2 aromatic rings. The molecule has 1 fully saturated rings. The maximum atomic E-state index is 12.8. The van der Waals surface area contributed by atoms with Crippen LogP contribution in [0.15, 0.2) is 34.7 Å². The number of nitrogens with one attached hydrogen (secondary N) is 1. The number of aromatic nitrogens is 2. The Hall–Kier alpha value is -1.49. The van der Waals surface area contributed by atoms with E-state index in [1.54, 1.807) is 11.8 Å². The van der Waals surface area contributed by atoms with Gasteiger partial charge in [-0.1, -0.05) is 67.3 Å². The Morgan fingerprint density at radius 2 is 2.06 bits per heavy atom. The molecule has 31 heavy (non-hydrogen) atoms. The highest BCUT2D eigenvalue weighted by Gasteiger charge is 2.32. The minimum absolute atomic E-state index is 0.100. The number of sulfonamides is 1. The van der Waals surface area contributed by atoms with Crippen molar-refractivity contribution in [2.24, 2.45) is 11.8 Å². The third-order valence-corrected chi connectivity index (χ3v) is 9.36. The Labute approximate surface area is 193 Å². The Balaban J connectivity index is 1.50. The number of anilines is 1. The summed E-state index contributed by atoms with van der Waals surface area (Å²) < 4.78 is 27.9. The summed E-state index contributed by atoms with van der Waals surface area (Å²) in [5.74, 6) is 1.05. The van der Waals surface area contributed by atoms with E-state index in [9.17, 15) is 13.2 Å². The fourth-order valence-electron chi connectivity index (χ4n) is 3.41. The Morgan fingerprint density at radius 3 is 2.81 bits per heavy atom. The maximum absolute atomic E-state index is 12.8. The van der Waals surface area contributed by atoms with Gasteiger partial charge < -0.3 is 5.32 Å². The summed E-state index contributed by atoms with van der Waals surface area (Å²) in [5.41, 5.74) is 1.14. The highest BCUT2D eigenvalue weighted by Crippen LogP contribution is 2.28. The monoisotopic (exact) mass is 482 g/mol. The van der Waals surface area contributed by atoms with Gasteiger partial charge in [0.2, 0.25) is 21.1 Å². The van der Waals surface area contributed by atoms with Crippen molar-refractivity contribution in [3.63, 3.8) is 0 Å². The molecule has 0 saturated carbocycles. The van der Waals surface area contributed by atoms with Crippen molar-refractivity contribution in [2.45, 2.75) is 43.9 Å². The third kappa shape index (κ3) is 7.55. The second kappa shape index (κ2) is 11.4. The van der Waals surface area contributed by atoms with Gasteiger partial charge in [0.05, 0.1) is 11.7 Å². The predicted octanol–water partition coefficient (Wildman–Crippen LogP) is 3.90. The zero-order valence-corrected chi connectivity index (χ0v) is 20.4. The first kappa shape index (κ1) is 24.2. The second-order valence-corrected chi connectivity index (χ2v) is 12.5. The number of benzene rings is 1. The van der Waals surface area contributed by atoms with Gasteiger partial charge in [0.15, 0.2) is 4.34 Å². The molecule has 1 aliphatic rings. The molecule has 3 rings (SSSR count). The number of amides is 1. The normalized spacial score (nSPS) is 17.7. The van der Waals surface area contributed by atoms with Crippen LogP contribution in [0.4, 0.5) is 5.13 Å². The number of carbonyl (C=O) groups excluding carboxylic acids is 1. The molecule has 1 amide bonds. The molecule has 1 N–H and O–H groups in total. The Morgan fingerprint density at radius 1 is 1.29 bits per heavy atom. The van der Waals surface area contributed by atoms with Crippen LogP contribution >= 0.6 is 23.1 Å². The van der Waals surface area contributed by atoms with Gasteiger partial charge in [-0.05, 0) is 37.2 Å². The highest BCUT2D eigenvalue weighted by atomic mass is 32.2. The van der Waals surface area contributed by atoms with Crippen molar-refractivity contribution in [1.29, 1.82) is 0 Å². The lowest BCUT2D eigenvalue weighted by molar-refractivity contribution is -0.120. The number of aryl methyl sites for hydroxylation is 1. The first-order valence-corrected chi connectivity index (χ1v) is 14.0. The Kier molecular flexibility index (Phi) is 8.88. The van der Waals surface area contributed by atoms with Crippen molar-refractivity contribution in [3.8, 4) is 0 Å². The van der Waals surface area contributed by atoms with Crippen LogP contribution in [0.2, 0.25) is 0 Å². The van der Waals surface area contributed by atoms with E-state index in [-0.39, 0.29) is 24.1 Å². The minimum atomic E-state index is -3.38. The number of thioether (sulfide) groups is 1. The van der Waals surface area contributed by atoms with E-state index in [2.05, 4.69) is 29.4 Å². The number of piperidine rings is 1. The fourth-order valence-corrected chi connectivity index (χ4v) is 6.72. The zero-order chi connectivity index (χ0) is 22.3. The van der Waals surface area contributed by atoms with Gasteiger partial charge in [-0.3, -0.25) is 4.79 Å². The van der Waals surface area contributed by atoms with E-state index in [0.717, 1.165) is 22.1 Å². The quantitative estimate of drug-likeness (QED) is 0.408. The molecule has 0 unspecified atom stereocenters. The minimum Gasteiger partial charge on any atom is -0.300 e. The summed E-state index contributed by atoms with van der Waals surface area (Å²) >= 11 is 2.99. The summed E-state index contributed by atoms with van der Waals surface area (Å²) in [6.07, 6.45) is 2.66. The van der Waals surface area contributed by atoms with Crippen molar-refractivity contribution in [1.82, 2.24) is 14.5 Å². The van der Waals surface area contributed by atoms with Crippen molar-refractivity contribution in [2.75, 3.05) is 29.9 Å². The molecule has 1 saturated heterocycles. The van der Waals surface area contributed by atoms with Crippen LogP contribution in [0.3, 0.4) is 0 Å². The number of hydrogen-bond donors (Lipinski definition) is 1. The molecular weight excluding hydrogens is 452 g/mol. The van der Waals surface area contributed by atoms with Crippen LogP contribution in [0, 0.1) is 11.8 Å². The van der Waals surface area contributed by atoms with Crippen LogP contribution in [-0.2, 0) is 21.2 Å². The maximum Gasteiger partial charge on any atom is 0.230 e. The Bertz CT molecular complexity index is 948. The number of nitrogens with zero attached hydrogens (tertiary/aromatic N) is 3. The smallest absolute Gasteiger partial charge is 0.230 e. The summed E-state index contributed by atoms with van der Waals surface area (Å²) in [6, 6.07) is 9.89. The summed E-state index contributed by atoms with van der Waals surface area (Å²) in [4.78, 5) is 12.7. The molecule has 1 aromatic carbocycles. The standard InChI is InChI=1S/C21H30N4O3S3/c1-16(2)15-29-21-24-23-20(30-21)22-19(26)18-11-6-12-25(14-18)31(27,28)13-7-10-17-8-4-3-5-9-17/h3-5,8-9,16,18H,6-7,10-15H2,1-2H3,(H,22,23,26)/t18-/m0/s1. The van der Waals surface area contributed by atoms with E-state index in [1.807, 2.05) is 30.3 Å². The van der Waals surface area contributed by atoms with Gasteiger partial charge in [0.25, 0.3) is 0 Å². The van der Waals surface area contributed by atoms with Gasteiger partial charge in [-0.15, -0.1) is 10.2 Å². The van der Waals surface area contributed by atoms with Crippen LogP contribution in [0.5, 0.6) is 0 Å². The van der Waals surface area contributed by atoms with Crippen LogP contribution in [0.25, 0.3) is 0 Å². The molecule has 1 atom stereocenters. The molecule has 0 aliphatic carbocycles. The lowest BCUT2D eigenvalue weighted by Gasteiger charge is -2.31. The average molecular weight is 483 g/mol. The van der Waals surface area contributed by atoms with Crippen LogP contribution < -0.4 is 5.32 Å². The predicted molar refractivity (Wildman–Crippen MR) is 127 cm³/mol. The lowest BCUT2D eigenvalue weighted by atomic mass is 9.99. The van der Waals surface area contributed by atoms with Gasteiger partial charge in [0, 0.05) is 18.8 Å². The second-order valence-electron chi connectivity index (χ2n) is 8.17. The van der Waals surface area contributed by atoms with E-state index in [0.29, 0.717) is 36.9 Å². The molecule has 0 radical (unpaired) electrons. The van der Waals surface area contributed by atoms with Crippen molar-refractivity contribution < 1.29 is 13.2 Å². The SMILES string of the molecule is CC(C)CSc1nnc(NC(=O)[C@H]2CCCN(S(=O)(=O)CCCc3ccccc3)C2)s1. The molecule has 2 heterocycles. The van der Waals surface area contributed by atoms with E-state index in [1.165, 1.54) is 15.6 Å². The number of carbonyl (C=O) groups is 1. The van der Waals surface area contributed by atoms with Gasteiger partial charge >= 0.3 is 0 Å². The van der Waals surface area contributed by atoms with E-state index >= 15 is 0 Å². The first-order chi connectivity index (χ1) is 14.8. The molecule has 7 nitrogen and oxygen atoms in total. The van der Waals surface area contributed by atoms with Gasteiger partial charge in [0.1, 0.15) is 0 Å². The summed E-state index contributed by atoms with van der Waals surface area (Å²) in [7, 11) is -3.38.